The number of Topliss-reactive ketones (excluding diaryl/α,β-unsaturated/α-hetero) is 1. The van der Waals surface area contributed by atoms with Gasteiger partial charge >= 0.3 is 0 Å². The largest absolute Gasteiger partial charge is 0.293 e. The molecule has 1 rings (SSSR count). The van der Waals surface area contributed by atoms with Crippen LogP contribution in [0.1, 0.15) is 42.8 Å². The minimum absolute atomic E-state index is 0.193. The van der Waals surface area contributed by atoms with E-state index in [4.69, 9.17) is 11.6 Å². The number of hydrogen-bond donors (Lipinski definition) is 0. The van der Waals surface area contributed by atoms with Crippen molar-refractivity contribution < 1.29 is 4.79 Å². The molecule has 0 aliphatic heterocycles. The van der Waals surface area contributed by atoms with Gasteiger partial charge in [-0.3, -0.25) is 4.79 Å². The zero-order chi connectivity index (χ0) is 10.6. The zero-order valence-corrected chi connectivity index (χ0v) is 10.1. The third kappa shape index (κ3) is 2.82. The molecule has 1 heterocycles. The van der Waals surface area contributed by atoms with Crippen LogP contribution in [0.5, 0.6) is 0 Å². The smallest absolute Gasteiger partial charge is 0.174 e. The normalized spacial score (nSPS) is 10.9. The molecule has 0 aromatic carbocycles. The van der Waals surface area contributed by atoms with Crippen molar-refractivity contribution in [3.63, 3.8) is 0 Å². The van der Waals surface area contributed by atoms with E-state index in [1.54, 1.807) is 6.07 Å². The van der Waals surface area contributed by atoms with Crippen LogP contribution in [0.15, 0.2) is 11.4 Å². The molecule has 1 nitrogen and oxygen atoms in total. The van der Waals surface area contributed by atoms with Crippen LogP contribution in [0.3, 0.4) is 0 Å². The van der Waals surface area contributed by atoms with Gasteiger partial charge in [-0.25, -0.2) is 0 Å². The molecule has 0 saturated heterocycles. The molecule has 78 valence electrons. The molecule has 3 heteroatoms. The average molecular weight is 231 g/mol. The van der Waals surface area contributed by atoms with Crippen LogP contribution in [0, 0.1) is 5.92 Å². The number of ketones is 1. The number of carbonyl (C=O) groups is 1. The molecule has 0 fully saturated rings. The minimum Gasteiger partial charge on any atom is -0.293 e. The van der Waals surface area contributed by atoms with E-state index in [1.165, 1.54) is 11.3 Å². The molecular formula is C11H15ClOS. The number of rotatable bonds is 5. The Balaban J connectivity index is 2.63. The van der Waals surface area contributed by atoms with Crippen molar-refractivity contribution in [1.29, 1.82) is 0 Å². The maximum Gasteiger partial charge on any atom is 0.174 e. The maximum absolute atomic E-state index is 11.8. The van der Waals surface area contributed by atoms with Crippen LogP contribution in [0.2, 0.25) is 5.02 Å². The van der Waals surface area contributed by atoms with Crippen molar-refractivity contribution in [1.82, 2.24) is 0 Å². The Bertz CT molecular complexity index is 302. The van der Waals surface area contributed by atoms with Gasteiger partial charge in [0.15, 0.2) is 5.78 Å². The van der Waals surface area contributed by atoms with Crippen LogP contribution < -0.4 is 0 Å². The third-order valence-electron chi connectivity index (χ3n) is 2.50. The number of hydrogen-bond acceptors (Lipinski definition) is 2. The second kappa shape index (κ2) is 5.52. The Kier molecular flexibility index (Phi) is 4.63. The predicted octanol–water partition coefficient (Wildman–Crippen LogP) is 4.41. The Labute approximate surface area is 94.1 Å². The first-order chi connectivity index (χ1) is 6.69. The molecular weight excluding hydrogens is 216 g/mol. The van der Waals surface area contributed by atoms with Gasteiger partial charge in [0.05, 0.1) is 9.90 Å². The van der Waals surface area contributed by atoms with Crippen molar-refractivity contribution in [2.45, 2.75) is 33.1 Å². The summed E-state index contributed by atoms with van der Waals surface area (Å²) in [5.41, 5.74) is 0. The number of thiophene rings is 1. The van der Waals surface area contributed by atoms with Crippen molar-refractivity contribution >= 4 is 28.7 Å². The van der Waals surface area contributed by atoms with Crippen LogP contribution in [-0.2, 0) is 0 Å². The Morgan fingerprint density at radius 1 is 1.50 bits per heavy atom. The van der Waals surface area contributed by atoms with Crippen LogP contribution >= 0.6 is 22.9 Å². The summed E-state index contributed by atoms with van der Waals surface area (Å²) in [5, 5.41) is 2.47. The first kappa shape index (κ1) is 11.7. The fourth-order valence-corrected chi connectivity index (χ4v) is 2.54. The summed E-state index contributed by atoms with van der Waals surface area (Å²) in [6.07, 6.45) is 2.75. The summed E-state index contributed by atoms with van der Waals surface area (Å²) in [7, 11) is 0. The molecule has 0 amide bonds. The molecule has 14 heavy (non-hydrogen) atoms. The van der Waals surface area contributed by atoms with Gasteiger partial charge in [0, 0.05) is 6.42 Å². The summed E-state index contributed by atoms with van der Waals surface area (Å²) in [5.74, 6) is 0.694. The highest BCUT2D eigenvalue weighted by atomic mass is 35.5. The lowest BCUT2D eigenvalue weighted by Crippen LogP contribution is -2.06. The van der Waals surface area contributed by atoms with E-state index in [1.807, 2.05) is 5.38 Å². The molecule has 0 N–H and O–H groups in total. The second-order valence-electron chi connectivity index (χ2n) is 3.41. The minimum atomic E-state index is 0.193. The standard InChI is InChI=1S/C11H15ClOS/c1-3-8(4-2)7-10(13)11-9(12)5-6-14-11/h5-6,8H,3-4,7H2,1-2H3. The first-order valence-corrected chi connectivity index (χ1v) is 6.21. The van der Waals surface area contributed by atoms with Gasteiger partial charge in [0.25, 0.3) is 0 Å². The highest BCUT2D eigenvalue weighted by Gasteiger charge is 2.15. The van der Waals surface area contributed by atoms with Gasteiger partial charge in [0.1, 0.15) is 0 Å². The van der Waals surface area contributed by atoms with Crippen LogP contribution in [0.25, 0.3) is 0 Å². The third-order valence-corrected chi connectivity index (χ3v) is 3.88. The van der Waals surface area contributed by atoms with E-state index in [9.17, 15) is 4.79 Å². The summed E-state index contributed by atoms with van der Waals surface area (Å²) >= 11 is 7.33. The average Bonchev–Trinajstić information content (AvgIpc) is 2.60. The number of carbonyl (C=O) groups excluding carboxylic acids is 1. The maximum atomic E-state index is 11.8. The van der Waals surface area contributed by atoms with Gasteiger partial charge in [-0.15, -0.1) is 11.3 Å². The highest BCUT2D eigenvalue weighted by molar-refractivity contribution is 7.12. The fourth-order valence-electron chi connectivity index (χ4n) is 1.42. The molecule has 0 radical (unpaired) electrons. The lowest BCUT2D eigenvalue weighted by atomic mass is 9.96. The molecule has 0 aliphatic carbocycles. The van der Waals surface area contributed by atoms with Gasteiger partial charge in [-0.05, 0) is 17.4 Å². The van der Waals surface area contributed by atoms with E-state index in [-0.39, 0.29) is 5.78 Å². The molecule has 0 atom stereocenters. The van der Waals surface area contributed by atoms with E-state index in [0.717, 1.165) is 17.7 Å². The molecule has 0 bridgehead atoms. The molecule has 1 aromatic rings. The fraction of sp³-hybridized carbons (Fsp3) is 0.545. The lowest BCUT2D eigenvalue weighted by Gasteiger charge is -2.09. The molecule has 0 spiro atoms. The SMILES string of the molecule is CCC(CC)CC(=O)c1sccc1Cl. The highest BCUT2D eigenvalue weighted by Crippen LogP contribution is 2.26. The van der Waals surface area contributed by atoms with Gasteiger partial charge in [0.2, 0.25) is 0 Å². The van der Waals surface area contributed by atoms with Crippen molar-refractivity contribution in [3.05, 3.63) is 21.3 Å². The molecule has 0 aliphatic rings. The summed E-state index contributed by atoms with van der Waals surface area (Å²) in [4.78, 5) is 12.5. The van der Waals surface area contributed by atoms with Gasteiger partial charge in [-0.2, -0.15) is 0 Å². The molecule has 0 saturated carbocycles. The summed E-state index contributed by atoms with van der Waals surface area (Å²) in [6, 6.07) is 1.78. The molecule has 0 unspecified atom stereocenters. The van der Waals surface area contributed by atoms with Crippen molar-refractivity contribution in [2.75, 3.05) is 0 Å². The predicted molar refractivity (Wildman–Crippen MR) is 62.3 cm³/mol. The second-order valence-corrected chi connectivity index (χ2v) is 4.73. The van der Waals surface area contributed by atoms with E-state index in [2.05, 4.69) is 13.8 Å². The first-order valence-electron chi connectivity index (χ1n) is 4.95. The Hall–Kier alpha value is -0.340. The Morgan fingerprint density at radius 2 is 2.14 bits per heavy atom. The van der Waals surface area contributed by atoms with E-state index in [0.29, 0.717) is 17.4 Å². The van der Waals surface area contributed by atoms with E-state index >= 15 is 0 Å². The Morgan fingerprint density at radius 3 is 2.57 bits per heavy atom. The van der Waals surface area contributed by atoms with Crippen molar-refractivity contribution in [2.24, 2.45) is 5.92 Å². The quantitative estimate of drug-likeness (QED) is 0.685. The molecule has 1 aromatic heterocycles. The topological polar surface area (TPSA) is 17.1 Å². The van der Waals surface area contributed by atoms with Crippen LogP contribution in [-0.4, -0.2) is 5.78 Å². The van der Waals surface area contributed by atoms with Gasteiger partial charge < -0.3 is 0 Å². The zero-order valence-electron chi connectivity index (χ0n) is 8.55. The van der Waals surface area contributed by atoms with Gasteiger partial charge in [-0.1, -0.05) is 38.3 Å². The monoisotopic (exact) mass is 230 g/mol. The number of halogens is 1. The van der Waals surface area contributed by atoms with Crippen LogP contribution in [0.4, 0.5) is 0 Å². The summed E-state index contributed by atoms with van der Waals surface area (Å²) < 4.78 is 0. The van der Waals surface area contributed by atoms with Crippen molar-refractivity contribution in [3.8, 4) is 0 Å². The lowest BCUT2D eigenvalue weighted by molar-refractivity contribution is 0.0963. The summed E-state index contributed by atoms with van der Waals surface area (Å²) in [6.45, 7) is 4.24. The van der Waals surface area contributed by atoms with E-state index < -0.39 is 0 Å².